The molecular formula is C25H27ClN4O3S. The molecule has 0 bridgehead atoms. The molecule has 2 N–H and O–H groups in total. The number of carbonyl (C=O) groups is 1. The number of anilines is 4. The highest BCUT2D eigenvalue weighted by molar-refractivity contribution is 7.92. The first kappa shape index (κ1) is 23.9. The SMILES string of the molecule is CN(C)c1cccc(C(=O)Nc2cc(S(=O)(=O)Nc3ccccc3Cl)ccc2N2CCCC2)c1. The maximum atomic E-state index is 13.1. The lowest BCUT2D eigenvalue weighted by atomic mass is 10.1. The molecule has 3 aromatic carbocycles. The van der Waals surface area contributed by atoms with E-state index < -0.39 is 10.0 Å². The number of hydrogen-bond acceptors (Lipinski definition) is 5. The first-order valence-electron chi connectivity index (χ1n) is 11.0. The van der Waals surface area contributed by atoms with Gasteiger partial charge in [0.2, 0.25) is 0 Å². The number of hydrogen-bond donors (Lipinski definition) is 2. The lowest BCUT2D eigenvalue weighted by Gasteiger charge is -2.23. The Kier molecular flexibility index (Phi) is 7.00. The van der Waals surface area contributed by atoms with Crippen molar-refractivity contribution < 1.29 is 13.2 Å². The average Bonchev–Trinajstić information content (AvgIpc) is 3.35. The van der Waals surface area contributed by atoms with Gasteiger partial charge in [-0.05, 0) is 61.4 Å². The summed E-state index contributed by atoms with van der Waals surface area (Å²) in [6.07, 6.45) is 2.10. The highest BCUT2D eigenvalue weighted by Crippen LogP contribution is 2.33. The van der Waals surface area contributed by atoms with Crippen LogP contribution in [0.15, 0.2) is 71.6 Å². The molecule has 0 aliphatic carbocycles. The summed E-state index contributed by atoms with van der Waals surface area (Å²) in [5.74, 6) is -0.308. The van der Waals surface area contributed by atoms with Gasteiger partial charge < -0.3 is 15.1 Å². The molecule has 34 heavy (non-hydrogen) atoms. The second kappa shape index (κ2) is 9.95. The largest absolute Gasteiger partial charge is 0.378 e. The summed E-state index contributed by atoms with van der Waals surface area (Å²) in [5, 5.41) is 3.24. The van der Waals surface area contributed by atoms with Crippen molar-refractivity contribution in [2.45, 2.75) is 17.7 Å². The number of para-hydroxylation sites is 1. The van der Waals surface area contributed by atoms with Gasteiger partial charge in [0.05, 0.1) is 27.0 Å². The molecule has 4 rings (SSSR count). The van der Waals surface area contributed by atoms with Crippen molar-refractivity contribution in [3.8, 4) is 0 Å². The molecule has 9 heteroatoms. The maximum absolute atomic E-state index is 13.1. The molecule has 1 aliphatic rings. The van der Waals surface area contributed by atoms with Crippen molar-refractivity contribution >= 4 is 50.3 Å². The third kappa shape index (κ3) is 5.29. The summed E-state index contributed by atoms with van der Waals surface area (Å²) in [6.45, 7) is 1.70. The fraction of sp³-hybridized carbons (Fsp3) is 0.240. The first-order valence-corrected chi connectivity index (χ1v) is 12.9. The van der Waals surface area contributed by atoms with Crippen LogP contribution in [-0.4, -0.2) is 41.5 Å². The Morgan fingerprint density at radius 3 is 2.38 bits per heavy atom. The van der Waals surface area contributed by atoms with Crippen LogP contribution < -0.4 is 19.8 Å². The summed E-state index contributed by atoms with van der Waals surface area (Å²) < 4.78 is 28.8. The third-order valence-electron chi connectivity index (χ3n) is 5.72. The lowest BCUT2D eigenvalue weighted by molar-refractivity contribution is 0.102. The van der Waals surface area contributed by atoms with Crippen molar-refractivity contribution in [1.29, 1.82) is 0 Å². The van der Waals surface area contributed by atoms with Gasteiger partial charge in [-0.25, -0.2) is 8.42 Å². The predicted octanol–water partition coefficient (Wildman–Crippen LogP) is 5.06. The molecule has 0 spiro atoms. The minimum absolute atomic E-state index is 0.0349. The van der Waals surface area contributed by atoms with Gasteiger partial charge in [0.15, 0.2) is 0 Å². The number of carbonyl (C=O) groups excluding carboxylic acids is 1. The van der Waals surface area contributed by atoms with Gasteiger partial charge in [0, 0.05) is 38.4 Å². The molecule has 178 valence electrons. The van der Waals surface area contributed by atoms with E-state index in [-0.39, 0.29) is 10.8 Å². The van der Waals surface area contributed by atoms with Crippen LogP contribution in [-0.2, 0) is 10.0 Å². The Hall–Kier alpha value is -3.23. The van der Waals surface area contributed by atoms with Crippen molar-refractivity contribution in [3.05, 3.63) is 77.3 Å². The van der Waals surface area contributed by atoms with Gasteiger partial charge >= 0.3 is 0 Å². The number of sulfonamides is 1. The van der Waals surface area contributed by atoms with Crippen molar-refractivity contribution in [3.63, 3.8) is 0 Å². The predicted molar refractivity (Wildman–Crippen MR) is 139 cm³/mol. The van der Waals surface area contributed by atoms with Gasteiger partial charge in [0.1, 0.15) is 0 Å². The Morgan fingerprint density at radius 2 is 1.68 bits per heavy atom. The Labute approximate surface area is 205 Å². The van der Waals surface area contributed by atoms with Crippen molar-refractivity contribution in [1.82, 2.24) is 0 Å². The molecule has 1 heterocycles. The van der Waals surface area contributed by atoms with E-state index in [9.17, 15) is 13.2 Å². The molecule has 1 amide bonds. The Balaban J connectivity index is 1.68. The Morgan fingerprint density at radius 1 is 0.941 bits per heavy atom. The fourth-order valence-electron chi connectivity index (χ4n) is 3.88. The summed E-state index contributed by atoms with van der Waals surface area (Å²) in [5.41, 5.74) is 2.92. The highest BCUT2D eigenvalue weighted by Gasteiger charge is 2.22. The zero-order chi connectivity index (χ0) is 24.3. The van der Waals surface area contributed by atoms with Gasteiger partial charge in [0.25, 0.3) is 15.9 Å². The van der Waals surface area contributed by atoms with E-state index in [0.717, 1.165) is 37.3 Å². The summed E-state index contributed by atoms with van der Waals surface area (Å²) in [4.78, 5) is 17.2. The van der Waals surface area contributed by atoms with E-state index in [1.165, 1.54) is 6.07 Å². The van der Waals surface area contributed by atoms with E-state index in [2.05, 4.69) is 14.9 Å². The van der Waals surface area contributed by atoms with Gasteiger partial charge in [-0.1, -0.05) is 29.8 Å². The van der Waals surface area contributed by atoms with E-state index in [4.69, 9.17) is 11.6 Å². The van der Waals surface area contributed by atoms with E-state index in [1.807, 2.05) is 31.1 Å². The molecule has 0 atom stereocenters. The molecule has 3 aromatic rings. The minimum Gasteiger partial charge on any atom is -0.378 e. The molecule has 1 saturated heterocycles. The monoisotopic (exact) mass is 498 g/mol. The molecule has 0 aromatic heterocycles. The van der Waals surface area contributed by atoms with Gasteiger partial charge in [-0.3, -0.25) is 9.52 Å². The van der Waals surface area contributed by atoms with Gasteiger partial charge in [-0.2, -0.15) is 0 Å². The second-order valence-corrected chi connectivity index (χ2v) is 10.4. The van der Waals surface area contributed by atoms with Crippen LogP contribution in [0.5, 0.6) is 0 Å². The third-order valence-corrected chi connectivity index (χ3v) is 7.41. The molecule has 0 saturated carbocycles. The van der Waals surface area contributed by atoms with Crippen molar-refractivity contribution in [2.75, 3.05) is 47.0 Å². The lowest BCUT2D eigenvalue weighted by Crippen LogP contribution is -2.22. The molecule has 7 nitrogen and oxygen atoms in total. The number of nitrogens with zero attached hydrogens (tertiary/aromatic N) is 2. The van der Waals surface area contributed by atoms with Crippen LogP contribution in [0.1, 0.15) is 23.2 Å². The van der Waals surface area contributed by atoms with Crippen LogP contribution >= 0.6 is 11.6 Å². The fourth-order valence-corrected chi connectivity index (χ4v) is 5.23. The quantitative estimate of drug-likeness (QED) is 0.476. The van der Waals surface area contributed by atoms with Crippen molar-refractivity contribution in [2.24, 2.45) is 0 Å². The van der Waals surface area contributed by atoms with Crippen LogP contribution in [0, 0.1) is 0 Å². The summed E-state index contributed by atoms with van der Waals surface area (Å²) in [7, 11) is -0.117. The van der Waals surface area contributed by atoms with E-state index >= 15 is 0 Å². The van der Waals surface area contributed by atoms with Crippen LogP contribution in [0.3, 0.4) is 0 Å². The standard InChI is InChI=1S/C25H27ClN4O3S/c1-29(2)19-9-7-8-18(16-19)25(31)27-23-17-20(12-13-24(23)30-14-5-6-15-30)34(32,33)28-22-11-4-3-10-21(22)26/h3-4,7-13,16-17,28H,5-6,14-15H2,1-2H3,(H,27,31). The summed E-state index contributed by atoms with van der Waals surface area (Å²) >= 11 is 6.14. The number of benzene rings is 3. The van der Waals surface area contributed by atoms with Crippen LogP contribution in [0.2, 0.25) is 5.02 Å². The molecular weight excluding hydrogens is 472 g/mol. The molecule has 1 fully saturated rings. The number of amides is 1. The van der Waals surface area contributed by atoms with Crippen LogP contribution in [0.4, 0.5) is 22.7 Å². The average molecular weight is 499 g/mol. The maximum Gasteiger partial charge on any atom is 0.262 e. The number of nitrogens with one attached hydrogen (secondary N) is 2. The number of rotatable bonds is 7. The molecule has 1 aliphatic heterocycles. The molecule has 0 unspecified atom stereocenters. The van der Waals surface area contributed by atoms with Crippen LogP contribution in [0.25, 0.3) is 0 Å². The van der Waals surface area contributed by atoms with E-state index in [1.54, 1.807) is 48.5 Å². The Bertz CT molecular complexity index is 1310. The minimum atomic E-state index is -3.93. The molecule has 0 radical (unpaired) electrons. The second-order valence-electron chi connectivity index (χ2n) is 8.36. The normalized spacial score (nSPS) is 13.6. The zero-order valence-electron chi connectivity index (χ0n) is 19.1. The summed E-state index contributed by atoms with van der Waals surface area (Å²) in [6, 6.07) is 18.7. The highest BCUT2D eigenvalue weighted by atomic mass is 35.5. The smallest absolute Gasteiger partial charge is 0.262 e. The first-order chi connectivity index (χ1) is 16.2. The zero-order valence-corrected chi connectivity index (χ0v) is 20.7. The van der Waals surface area contributed by atoms with Gasteiger partial charge in [-0.15, -0.1) is 0 Å². The topological polar surface area (TPSA) is 81.8 Å². The van der Waals surface area contributed by atoms with E-state index in [0.29, 0.717) is 22.0 Å². The number of halogens is 1.